The first-order chi connectivity index (χ1) is 8.68. The van der Waals surface area contributed by atoms with E-state index in [0.717, 1.165) is 0 Å². The van der Waals surface area contributed by atoms with Gasteiger partial charge in [0.2, 0.25) is 0 Å². The average molecular weight is 274 g/mol. The number of carboxylic acids is 1. The quantitative estimate of drug-likeness (QED) is 0.656. The number of methoxy groups -OCH3 is 1. The van der Waals surface area contributed by atoms with E-state index in [1.807, 2.05) is 6.92 Å². The van der Waals surface area contributed by atoms with Crippen LogP contribution >= 0.6 is 0 Å². The molecule has 0 heterocycles. The molecule has 0 aromatic carbocycles. The highest BCUT2D eigenvalue weighted by atomic mass is 16.5. The predicted octanol–water partition coefficient (Wildman–Crippen LogP) is 1.46. The molecular formula is C13H26N2O4. The van der Waals surface area contributed by atoms with Crippen molar-refractivity contribution in [2.24, 2.45) is 11.3 Å². The number of carbonyl (C=O) groups is 2. The summed E-state index contributed by atoms with van der Waals surface area (Å²) in [7, 11) is 1.49. The minimum atomic E-state index is -1.06. The fraction of sp³-hybridized carbons (Fsp3) is 0.846. The Morgan fingerprint density at radius 2 is 1.89 bits per heavy atom. The van der Waals surface area contributed by atoms with Crippen LogP contribution in [0.2, 0.25) is 0 Å². The van der Waals surface area contributed by atoms with Gasteiger partial charge in [-0.3, -0.25) is 0 Å². The Morgan fingerprint density at radius 3 is 2.32 bits per heavy atom. The molecule has 19 heavy (non-hydrogen) atoms. The van der Waals surface area contributed by atoms with Crippen molar-refractivity contribution in [2.45, 2.75) is 40.2 Å². The number of hydrogen-bond acceptors (Lipinski definition) is 3. The Labute approximate surface area is 114 Å². The van der Waals surface area contributed by atoms with Gasteiger partial charge in [-0.1, -0.05) is 27.7 Å². The van der Waals surface area contributed by atoms with Crippen LogP contribution in [-0.4, -0.2) is 43.4 Å². The number of aliphatic carboxylic acids is 1. The number of hydrogen-bond donors (Lipinski definition) is 3. The van der Waals surface area contributed by atoms with Gasteiger partial charge in [0.15, 0.2) is 0 Å². The summed E-state index contributed by atoms with van der Waals surface area (Å²) in [6, 6.07) is -1.38. The van der Waals surface area contributed by atoms with Crippen LogP contribution in [0.1, 0.15) is 34.1 Å². The van der Waals surface area contributed by atoms with Gasteiger partial charge in [-0.2, -0.15) is 0 Å². The maximum absolute atomic E-state index is 11.6. The molecule has 112 valence electrons. The number of carbonyl (C=O) groups excluding carboxylic acids is 1. The predicted molar refractivity (Wildman–Crippen MR) is 73.1 cm³/mol. The van der Waals surface area contributed by atoms with E-state index in [-0.39, 0.29) is 18.4 Å². The van der Waals surface area contributed by atoms with Gasteiger partial charge in [0.25, 0.3) is 0 Å². The van der Waals surface area contributed by atoms with E-state index in [1.54, 1.807) is 0 Å². The van der Waals surface area contributed by atoms with Crippen LogP contribution in [0.4, 0.5) is 4.79 Å². The van der Waals surface area contributed by atoms with E-state index in [9.17, 15) is 9.59 Å². The zero-order valence-corrected chi connectivity index (χ0v) is 12.4. The zero-order chi connectivity index (χ0) is 15.1. The fourth-order valence-electron chi connectivity index (χ4n) is 1.25. The summed E-state index contributed by atoms with van der Waals surface area (Å²) in [5.74, 6) is -0.767. The van der Waals surface area contributed by atoms with Gasteiger partial charge in [0.1, 0.15) is 6.04 Å². The molecule has 6 nitrogen and oxygen atoms in total. The van der Waals surface area contributed by atoms with Crippen LogP contribution in [0.15, 0.2) is 0 Å². The summed E-state index contributed by atoms with van der Waals surface area (Å²) >= 11 is 0. The van der Waals surface area contributed by atoms with Crippen LogP contribution < -0.4 is 10.6 Å². The molecule has 6 heteroatoms. The van der Waals surface area contributed by atoms with Gasteiger partial charge < -0.3 is 20.5 Å². The number of ether oxygens (including phenoxy) is 1. The number of carboxylic acid groups (broad SMARTS) is 1. The van der Waals surface area contributed by atoms with E-state index in [4.69, 9.17) is 9.84 Å². The summed E-state index contributed by atoms with van der Waals surface area (Å²) < 4.78 is 4.81. The van der Waals surface area contributed by atoms with Crippen LogP contribution in [0.25, 0.3) is 0 Å². The highest BCUT2D eigenvalue weighted by molar-refractivity contribution is 5.82. The van der Waals surface area contributed by atoms with Crippen LogP contribution in [-0.2, 0) is 9.53 Å². The lowest BCUT2D eigenvalue weighted by Gasteiger charge is -2.27. The summed E-state index contributed by atoms with van der Waals surface area (Å²) in [5.41, 5.74) is 0.0928. The molecule has 2 atom stereocenters. The molecule has 0 rings (SSSR count). The molecule has 0 aliphatic rings. The van der Waals surface area contributed by atoms with Gasteiger partial charge in [-0.15, -0.1) is 0 Å². The molecule has 0 bridgehead atoms. The topological polar surface area (TPSA) is 87.7 Å². The van der Waals surface area contributed by atoms with Gasteiger partial charge in [0, 0.05) is 26.7 Å². The minimum Gasteiger partial charge on any atom is -0.480 e. The van der Waals surface area contributed by atoms with Crippen molar-refractivity contribution < 1.29 is 19.4 Å². The lowest BCUT2D eigenvalue weighted by Crippen LogP contribution is -2.48. The third kappa shape index (κ3) is 7.66. The summed E-state index contributed by atoms with van der Waals surface area (Å²) in [4.78, 5) is 22.6. The SMILES string of the molecule is COCCC(NC(=O)NCC(C)C(C)(C)C)C(=O)O. The molecule has 0 spiro atoms. The Balaban J connectivity index is 4.17. The highest BCUT2D eigenvalue weighted by Crippen LogP contribution is 2.24. The smallest absolute Gasteiger partial charge is 0.326 e. The Bertz CT molecular complexity index is 300. The number of rotatable bonds is 7. The molecule has 2 unspecified atom stereocenters. The van der Waals surface area contributed by atoms with E-state index >= 15 is 0 Å². The minimum absolute atomic E-state index is 0.0928. The third-order valence-corrected chi connectivity index (χ3v) is 3.26. The molecule has 3 N–H and O–H groups in total. The van der Waals surface area contributed by atoms with Crippen LogP contribution in [0.3, 0.4) is 0 Å². The standard InChI is InChI=1S/C13H26N2O4/c1-9(13(2,3)4)8-14-12(18)15-10(11(16)17)6-7-19-5/h9-10H,6-8H2,1-5H3,(H,16,17)(H2,14,15,18). The molecule has 0 saturated heterocycles. The molecule has 0 saturated carbocycles. The first-order valence-electron chi connectivity index (χ1n) is 6.44. The first kappa shape index (κ1) is 17.7. The zero-order valence-electron chi connectivity index (χ0n) is 12.4. The van der Waals surface area contributed by atoms with Crippen molar-refractivity contribution >= 4 is 12.0 Å². The van der Waals surface area contributed by atoms with Crippen molar-refractivity contribution in [3.63, 3.8) is 0 Å². The molecule has 0 aromatic heterocycles. The maximum atomic E-state index is 11.6. The second kappa shape index (κ2) is 7.99. The van der Waals surface area contributed by atoms with Crippen molar-refractivity contribution in [1.29, 1.82) is 0 Å². The van der Waals surface area contributed by atoms with Gasteiger partial charge in [-0.25, -0.2) is 9.59 Å². The Kier molecular flexibility index (Phi) is 7.44. The van der Waals surface area contributed by atoms with Gasteiger partial charge >= 0.3 is 12.0 Å². The average Bonchev–Trinajstić information content (AvgIpc) is 2.29. The first-order valence-corrected chi connectivity index (χ1v) is 6.44. The van der Waals surface area contributed by atoms with Crippen LogP contribution in [0.5, 0.6) is 0 Å². The van der Waals surface area contributed by atoms with Crippen molar-refractivity contribution in [3.8, 4) is 0 Å². The lowest BCUT2D eigenvalue weighted by molar-refractivity contribution is -0.139. The molecular weight excluding hydrogens is 248 g/mol. The summed E-state index contributed by atoms with van der Waals surface area (Å²) in [6.45, 7) is 9.11. The molecule has 0 radical (unpaired) electrons. The molecule has 0 aromatic rings. The lowest BCUT2D eigenvalue weighted by atomic mass is 9.82. The summed E-state index contributed by atoms with van der Waals surface area (Å²) in [5, 5.41) is 14.1. The van der Waals surface area contributed by atoms with Crippen molar-refractivity contribution in [3.05, 3.63) is 0 Å². The Morgan fingerprint density at radius 1 is 1.32 bits per heavy atom. The molecule has 0 fully saturated rings. The number of amides is 2. The molecule has 0 aliphatic carbocycles. The second-order valence-electron chi connectivity index (χ2n) is 5.79. The van der Waals surface area contributed by atoms with Gasteiger partial charge in [-0.05, 0) is 11.3 Å². The molecule has 2 amide bonds. The monoisotopic (exact) mass is 274 g/mol. The van der Waals surface area contributed by atoms with E-state index < -0.39 is 18.0 Å². The van der Waals surface area contributed by atoms with Crippen molar-refractivity contribution in [2.75, 3.05) is 20.3 Å². The third-order valence-electron chi connectivity index (χ3n) is 3.26. The second-order valence-corrected chi connectivity index (χ2v) is 5.79. The number of urea groups is 1. The fourth-order valence-corrected chi connectivity index (χ4v) is 1.25. The maximum Gasteiger partial charge on any atom is 0.326 e. The van der Waals surface area contributed by atoms with Gasteiger partial charge in [0.05, 0.1) is 0 Å². The van der Waals surface area contributed by atoms with Crippen molar-refractivity contribution in [1.82, 2.24) is 10.6 Å². The van der Waals surface area contributed by atoms with E-state index in [1.165, 1.54) is 7.11 Å². The highest BCUT2D eigenvalue weighted by Gasteiger charge is 2.22. The van der Waals surface area contributed by atoms with E-state index in [2.05, 4.69) is 31.4 Å². The molecule has 0 aliphatic heterocycles. The largest absolute Gasteiger partial charge is 0.480 e. The van der Waals surface area contributed by atoms with Crippen LogP contribution in [0, 0.1) is 11.3 Å². The Hall–Kier alpha value is -1.30. The van der Waals surface area contributed by atoms with E-state index in [0.29, 0.717) is 12.5 Å². The summed E-state index contributed by atoms with van der Waals surface area (Å²) in [6.07, 6.45) is 0.244. The number of nitrogens with one attached hydrogen (secondary N) is 2. The normalized spacial score (nSPS) is 14.6.